The summed E-state index contributed by atoms with van der Waals surface area (Å²) in [7, 11) is 0. The van der Waals surface area contributed by atoms with E-state index in [4.69, 9.17) is 20.4 Å². The van der Waals surface area contributed by atoms with Crippen molar-refractivity contribution in [2.45, 2.75) is 161 Å². The topological polar surface area (TPSA) is 215 Å². The van der Waals surface area contributed by atoms with Gasteiger partial charge in [0.2, 0.25) is 0 Å². The maximum absolute atomic E-state index is 13.6. The highest BCUT2D eigenvalue weighted by atomic mass is 16.5. The van der Waals surface area contributed by atoms with Crippen molar-refractivity contribution in [1.82, 2.24) is 80.2 Å². The molecule has 4 aliphatic heterocycles. The fourth-order valence-electron chi connectivity index (χ4n) is 17.2. The standard InChI is InChI=1S/C81H80N16O4/c1-73(2)61-37-17-49(41-65(61)77(9,10)94(73)98)69-45-90(86-82-69)57-29-21-53(22-30-57)81(54-23-31-58(32-24-54)91-46-70(83-87-91)50-18-38-62-66(42-50)78(11,12)95(99)74(62,3)4,55-25-33-59(34-26-55)92-47-71(84-88-92)51-19-39-63-67(43-51)79(13,14)96(100)75(63,5)6)56-27-35-60(36-28-56)93-48-72(85-89-93)52-20-40-64-68(44-52)80(15,16)97(101)76(64,7)8/h17-48H,1-16H3. The van der Waals surface area contributed by atoms with Gasteiger partial charge in [0.25, 0.3) is 0 Å². The Hall–Kier alpha value is -10.00. The SMILES string of the molecule is CC1(C)c2ccc(-c3cn(-c4ccc(C(c5ccc(-n6cc(-c7ccc8c(c7)C(C)(C)N([O])C8(C)C)nn6)cc5)(c5ccc(-n6cc(-c7ccc8c(c7)C(C)(C)N([O])C8(C)C)nn6)cc5)c5ccc(-n6cc(-c7ccc8c(c7)C(C)(C)N([O])C8(C)C)nn6)cc5)cc4)nn3)cc2C(C)(C)N1[O]. The molecule has 8 aromatic carbocycles. The Morgan fingerprint density at radius 3 is 0.604 bits per heavy atom. The fraction of sp³-hybridized carbons (Fsp3) is 0.309. The molecule has 4 aromatic heterocycles. The van der Waals surface area contributed by atoms with Crippen molar-refractivity contribution in [3.05, 3.63) is 261 Å². The summed E-state index contributed by atoms with van der Waals surface area (Å²) >= 11 is 0. The summed E-state index contributed by atoms with van der Waals surface area (Å²) in [5.74, 6) is 0. The monoisotopic (exact) mass is 1340 g/mol. The molecule has 0 aliphatic carbocycles. The van der Waals surface area contributed by atoms with Gasteiger partial charge in [-0.25, -0.2) is 18.7 Å². The molecule has 20 heteroatoms. The average Bonchev–Trinajstić information content (AvgIpc) is 1.23. The van der Waals surface area contributed by atoms with Gasteiger partial charge in [0.15, 0.2) is 0 Å². The molecule has 0 unspecified atom stereocenters. The van der Waals surface area contributed by atoms with E-state index < -0.39 is 49.7 Å². The van der Waals surface area contributed by atoms with Crippen LogP contribution in [0, 0.1) is 0 Å². The van der Waals surface area contributed by atoms with Gasteiger partial charge in [0.05, 0.1) is 97.3 Å². The Bertz CT molecular complexity index is 4630. The van der Waals surface area contributed by atoms with Crippen molar-refractivity contribution >= 4 is 0 Å². The van der Waals surface area contributed by atoms with Crippen LogP contribution in [0.15, 0.2) is 195 Å². The van der Waals surface area contributed by atoms with Crippen LogP contribution in [0.2, 0.25) is 0 Å². The minimum atomic E-state index is -1.03. The Kier molecular flexibility index (Phi) is 14.3. The molecule has 0 fully saturated rings. The molecule has 0 amide bonds. The van der Waals surface area contributed by atoms with E-state index in [1.165, 1.54) is 20.3 Å². The zero-order chi connectivity index (χ0) is 71.3. The number of nitrogens with zero attached hydrogens (tertiary/aromatic N) is 16. The van der Waals surface area contributed by atoms with E-state index in [2.05, 4.69) is 142 Å². The van der Waals surface area contributed by atoms with Gasteiger partial charge in [-0.1, -0.05) is 118 Å². The predicted octanol–water partition coefficient (Wildman–Crippen LogP) is 15.6. The lowest BCUT2D eigenvalue weighted by molar-refractivity contribution is -0.266. The van der Waals surface area contributed by atoms with Gasteiger partial charge >= 0.3 is 0 Å². The zero-order valence-electron chi connectivity index (χ0n) is 59.8. The van der Waals surface area contributed by atoms with Crippen LogP contribution in [0.4, 0.5) is 0 Å². The number of hydroxylamine groups is 8. The summed E-state index contributed by atoms with van der Waals surface area (Å²) in [6.45, 7) is 31.4. The Morgan fingerprint density at radius 1 is 0.238 bits per heavy atom. The molecule has 0 spiro atoms. The van der Waals surface area contributed by atoms with Crippen molar-refractivity contribution in [3.63, 3.8) is 0 Å². The normalized spacial score (nSPS) is 19.0. The van der Waals surface area contributed by atoms with Crippen LogP contribution in [-0.4, -0.2) is 80.2 Å². The third-order valence-corrected chi connectivity index (χ3v) is 22.8. The van der Waals surface area contributed by atoms with Crippen molar-refractivity contribution in [2.75, 3.05) is 0 Å². The number of benzene rings is 8. The molecule has 0 atom stereocenters. The molecular formula is C81H80N16O4. The molecule has 101 heavy (non-hydrogen) atoms. The molecular weight excluding hydrogens is 1260 g/mol. The lowest BCUT2D eigenvalue weighted by atomic mass is 9.65. The van der Waals surface area contributed by atoms with Crippen LogP contribution in [-0.2, 0) is 70.6 Å². The maximum Gasteiger partial charge on any atom is 0.113 e. The van der Waals surface area contributed by atoms with E-state index in [0.29, 0.717) is 22.8 Å². The second-order valence-corrected chi connectivity index (χ2v) is 31.8. The largest absolute Gasteiger partial charge is 0.220 e. The van der Waals surface area contributed by atoms with Crippen molar-refractivity contribution in [1.29, 1.82) is 0 Å². The first-order valence-corrected chi connectivity index (χ1v) is 34.3. The summed E-state index contributed by atoms with van der Waals surface area (Å²) < 4.78 is 7.12. The minimum Gasteiger partial charge on any atom is -0.220 e. The number of fused-ring (bicyclic) bond motifs is 4. The first kappa shape index (κ1) is 65.6. The summed E-state index contributed by atoms with van der Waals surface area (Å²) in [5.41, 5.74) is 14.2. The third kappa shape index (κ3) is 9.56. The van der Waals surface area contributed by atoms with E-state index in [1.807, 2.05) is 184 Å². The predicted molar refractivity (Wildman–Crippen MR) is 380 cm³/mol. The third-order valence-electron chi connectivity index (χ3n) is 22.8. The van der Waals surface area contributed by atoms with Gasteiger partial charge in [-0.15, -0.1) is 61.5 Å². The Balaban J connectivity index is 0.813. The van der Waals surface area contributed by atoms with Gasteiger partial charge in [-0.3, -0.25) is 0 Å². The van der Waals surface area contributed by atoms with E-state index in [9.17, 15) is 20.8 Å². The molecule has 0 saturated heterocycles. The molecule has 4 aliphatic rings. The van der Waals surface area contributed by atoms with Crippen molar-refractivity contribution in [3.8, 4) is 67.8 Å². The Labute approximate surface area is 587 Å². The van der Waals surface area contributed by atoms with Gasteiger partial charge in [0.1, 0.15) is 22.8 Å². The number of hydrogen-bond donors (Lipinski definition) is 0. The Morgan fingerprint density at radius 2 is 0.416 bits per heavy atom. The van der Waals surface area contributed by atoms with Crippen LogP contribution in [0.5, 0.6) is 0 Å². The van der Waals surface area contributed by atoms with Crippen LogP contribution >= 0.6 is 0 Å². The van der Waals surface area contributed by atoms with E-state index in [-0.39, 0.29) is 0 Å². The summed E-state index contributed by atoms with van der Waals surface area (Å²) in [4.78, 5) is 0. The fourth-order valence-corrected chi connectivity index (χ4v) is 17.2. The zero-order valence-corrected chi connectivity index (χ0v) is 59.8. The van der Waals surface area contributed by atoms with Gasteiger partial charge in [-0.2, -0.15) is 0 Å². The summed E-state index contributed by atoms with van der Waals surface area (Å²) in [6, 6.07) is 58.2. The lowest BCUT2D eigenvalue weighted by Gasteiger charge is -2.37. The van der Waals surface area contributed by atoms with E-state index in [1.54, 1.807) is 18.7 Å². The quantitative estimate of drug-likeness (QED) is 0.104. The number of hydrogen-bond acceptors (Lipinski definition) is 12. The van der Waals surface area contributed by atoms with Crippen LogP contribution in [0.1, 0.15) is 178 Å². The van der Waals surface area contributed by atoms with Crippen molar-refractivity contribution < 1.29 is 20.8 Å². The van der Waals surface area contributed by atoms with Crippen LogP contribution in [0.3, 0.4) is 0 Å². The molecule has 508 valence electrons. The van der Waals surface area contributed by atoms with E-state index >= 15 is 0 Å². The van der Waals surface area contributed by atoms with E-state index in [0.717, 1.165) is 112 Å². The van der Waals surface area contributed by atoms with Gasteiger partial charge in [0, 0.05) is 22.3 Å². The number of aromatic nitrogens is 12. The smallest absolute Gasteiger partial charge is 0.113 e. The average molecular weight is 1340 g/mol. The molecule has 12 aromatic rings. The summed E-state index contributed by atoms with van der Waals surface area (Å²) in [5, 5.41) is 96.6. The highest BCUT2D eigenvalue weighted by molar-refractivity contribution is 5.69. The second kappa shape index (κ2) is 22.0. The highest BCUT2D eigenvalue weighted by Crippen LogP contribution is 2.54. The molecule has 8 heterocycles. The molecule has 4 radical (unpaired) electrons. The van der Waals surface area contributed by atoms with Gasteiger partial charge in [-0.05, 0) is 250 Å². The maximum atomic E-state index is 13.6. The second-order valence-electron chi connectivity index (χ2n) is 31.8. The molecule has 0 saturated carbocycles. The molecule has 0 bridgehead atoms. The minimum absolute atomic E-state index is 0.672. The van der Waals surface area contributed by atoms with Crippen LogP contribution < -0.4 is 0 Å². The van der Waals surface area contributed by atoms with Gasteiger partial charge < -0.3 is 0 Å². The molecule has 16 rings (SSSR count). The van der Waals surface area contributed by atoms with Crippen LogP contribution in [0.25, 0.3) is 67.8 Å². The molecule has 0 N–H and O–H groups in total. The van der Waals surface area contributed by atoms with Crippen molar-refractivity contribution in [2.24, 2.45) is 0 Å². The lowest BCUT2D eigenvalue weighted by Crippen LogP contribution is -2.41. The summed E-state index contributed by atoms with van der Waals surface area (Å²) in [6.07, 6.45) is 7.69. The molecule has 20 nitrogen and oxygen atoms in total. The first-order chi connectivity index (χ1) is 47.7. The highest BCUT2D eigenvalue weighted by Gasteiger charge is 2.54. The first-order valence-electron chi connectivity index (χ1n) is 34.3. The number of rotatable bonds is 12.